The van der Waals surface area contributed by atoms with Gasteiger partial charge in [-0.25, -0.2) is 14.8 Å². The fourth-order valence-electron chi connectivity index (χ4n) is 2.10. The lowest BCUT2D eigenvalue weighted by Crippen LogP contribution is -2.20. The van der Waals surface area contributed by atoms with Gasteiger partial charge in [0.25, 0.3) is 5.91 Å². The molecule has 1 amide bonds. The molecule has 0 aliphatic rings. The van der Waals surface area contributed by atoms with Gasteiger partial charge in [0.15, 0.2) is 5.16 Å². The average molecular weight is 340 g/mol. The van der Waals surface area contributed by atoms with Gasteiger partial charge in [-0.15, -0.1) is 0 Å². The standard InChI is InChI=1S/C16H14BFN4OS/c17-11-5-6-12(18)10(7-11)8-19-22-15(23)9-24-16-20-13-3-1-2-4-14(13)21-16/h1-8H,9,17H2,(H,20,21)(H,22,23)/b19-8+. The van der Waals surface area contributed by atoms with E-state index in [0.29, 0.717) is 10.7 Å². The van der Waals surface area contributed by atoms with Crippen molar-refractivity contribution in [2.24, 2.45) is 5.10 Å². The third kappa shape index (κ3) is 4.02. The molecule has 0 aliphatic heterocycles. The predicted molar refractivity (Wildman–Crippen MR) is 97.1 cm³/mol. The zero-order valence-corrected chi connectivity index (χ0v) is 13.7. The second kappa shape index (κ2) is 7.31. The summed E-state index contributed by atoms with van der Waals surface area (Å²) in [4.78, 5) is 19.3. The van der Waals surface area contributed by atoms with Crippen LogP contribution in [0, 0.1) is 5.82 Å². The Bertz CT molecular complexity index is 879. The molecule has 0 bridgehead atoms. The minimum Gasteiger partial charge on any atom is -0.333 e. The van der Waals surface area contributed by atoms with Crippen molar-refractivity contribution in [1.82, 2.24) is 15.4 Å². The Balaban J connectivity index is 1.54. The smallest absolute Gasteiger partial charge is 0.250 e. The van der Waals surface area contributed by atoms with Gasteiger partial charge in [0.2, 0.25) is 0 Å². The van der Waals surface area contributed by atoms with Crippen molar-refractivity contribution < 1.29 is 9.18 Å². The molecule has 1 heterocycles. The summed E-state index contributed by atoms with van der Waals surface area (Å²) in [6.45, 7) is 0. The lowest BCUT2D eigenvalue weighted by Gasteiger charge is -2.00. The van der Waals surface area contributed by atoms with Crippen LogP contribution in [0.15, 0.2) is 52.7 Å². The number of carbonyl (C=O) groups is 1. The van der Waals surface area contributed by atoms with Gasteiger partial charge in [0, 0.05) is 5.56 Å². The summed E-state index contributed by atoms with van der Waals surface area (Å²) in [6, 6.07) is 12.4. The van der Waals surface area contributed by atoms with Crippen molar-refractivity contribution in [1.29, 1.82) is 0 Å². The minimum absolute atomic E-state index is 0.160. The van der Waals surface area contributed by atoms with Gasteiger partial charge in [-0.3, -0.25) is 4.79 Å². The Morgan fingerprint density at radius 3 is 3.04 bits per heavy atom. The van der Waals surface area contributed by atoms with Gasteiger partial charge in [0.1, 0.15) is 13.7 Å². The highest BCUT2D eigenvalue weighted by Gasteiger charge is 2.06. The van der Waals surface area contributed by atoms with E-state index in [2.05, 4.69) is 20.5 Å². The first-order chi connectivity index (χ1) is 11.6. The number of carbonyl (C=O) groups excluding carboxylic acids is 1. The van der Waals surface area contributed by atoms with E-state index in [-0.39, 0.29) is 17.5 Å². The molecule has 120 valence electrons. The summed E-state index contributed by atoms with van der Waals surface area (Å²) < 4.78 is 13.5. The lowest BCUT2D eigenvalue weighted by molar-refractivity contribution is -0.118. The number of hydrogen-bond donors (Lipinski definition) is 2. The SMILES string of the molecule is Bc1ccc(F)c(/C=N/NC(=O)CSc2nc3ccccc3[nH]2)c1. The first kappa shape index (κ1) is 16.3. The fraction of sp³-hybridized carbons (Fsp3) is 0.0625. The van der Waals surface area contributed by atoms with Crippen LogP contribution >= 0.6 is 11.8 Å². The first-order valence-corrected chi connectivity index (χ1v) is 8.26. The van der Waals surface area contributed by atoms with Crippen LogP contribution in [0.5, 0.6) is 0 Å². The van der Waals surface area contributed by atoms with Crippen molar-refractivity contribution in [3.05, 3.63) is 53.8 Å². The summed E-state index contributed by atoms with van der Waals surface area (Å²) in [6.07, 6.45) is 1.30. The van der Waals surface area contributed by atoms with Gasteiger partial charge in [-0.05, 0) is 18.2 Å². The Hall–Kier alpha value is -2.61. The molecule has 2 N–H and O–H groups in total. The summed E-state index contributed by atoms with van der Waals surface area (Å²) in [5.41, 5.74) is 5.42. The molecule has 1 aromatic heterocycles. The average Bonchev–Trinajstić information content (AvgIpc) is 2.99. The first-order valence-electron chi connectivity index (χ1n) is 7.27. The number of fused-ring (bicyclic) bond motifs is 1. The van der Waals surface area contributed by atoms with E-state index in [1.807, 2.05) is 32.1 Å². The number of hydrazone groups is 1. The number of imidazole rings is 1. The molecule has 2 aromatic carbocycles. The maximum atomic E-state index is 13.5. The van der Waals surface area contributed by atoms with E-state index in [1.54, 1.807) is 12.1 Å². The largest absolute Gasteiger partial charge is 0.333 e. The zero-order chi connectivity index (χ0) is 16.9. The lowest BCUT2D eigenvalue weighted by atomic mass is 9.94. The molecule has 0 atom stereocenters. The fourth-order valence-corrected chi connectivity index (χ4v) is 2.78. The Labute approximate surface area is 143 Å². The van der Waals surface area contributed by atoms with Crippen molar-refractivity contribution in [2.75, 3.05) is 5.75 Å². The third-order valence-electron chi connectivity index (χ3n) is 3.25. The molecule has 0 spiro atoms. The number of benzene rings is 2. The number of aromatic nitrogens is 2. The summed E-state index contributed by atoms with van der Waals surface area (Å²) >= 11 is 1.28. The predicted octanol–water partition coefficient (Wildman–Crippen LogP) is 1.20. The molecule has 0 radical (unpaired) electrons. The molecule has 5 nitrogen and oxygen atoms in total. The van der Waals surface area contributed by atoms with Crippen molar-refractivity contribution in [3.63, 3.8) is 0 Å². The summed E-state index contributed by atoms with van der Waals surface area (Å²) in [5, 5.41) is 4.46. The third-order valence-corrected chi connectivity index (χ3v) is 4.13. The Morgan fingerprint density at radius 2 is 2.21 bits per heavy atom. The maximum absolute atomic E-state index is 13.5. The van der Waals surface area contributed by atoms with Gasteiger partial charge in [0.05, 0.1) is 23.0 Å². The van der Waals surface area contributed by atoms with Crippen LogP contribution in [0.25, 0.3) is 11.0 Å². The van der Waals surface area contributed by atoms with Crippen LogP contribution in [-0.4, -0.2) is 35.7 Å². The van der Waals surface area contributed by atoms with E-state index in [4.69, 9.17) is 0 Å². The van der Waals surface area contributed by atoms with Crippen molar-refractivity contribution in [3.8, 4) is 0 Å². The molecular weight excluding hydrogens is 326 g/mol. The normalized spacial score (nSPS) is 11.2. The van der Waals surface area contributed by atoms with E-state index in [1.165, 1.54) is 24.0 Å². The molecule has 0 saturated carbocycles. The minimum atomic E-state index is -0.379. The zero-order valence-electron chi connectivity index (χ0n) is 12.9. The van der Waals surface area contributed by atoms with Gasteiger partial charge < -0.3 is 4.98 Å². The Morgan fingerprint density at radius 1 is 1.38 bits per heavy atom. The number of thioether (sulfide) groups is 1. The number of nitrogens with zero attached hydrogens (tertiary/aromatic N) is 2. The highest BCUT2D eigenvalue weighted by molar-refractivity contribution is 7.99. The summed E-state index contributed by atoms with van der Waals surface area (Å²) in [7, 11) is 1.86. The van der Waals surface area contributed by atoms with Crippen LogP contribution in [0.2, 0.25) is 0 Å². The van der Waals surface area contributed by atoms with Crippen molar-refractivity contribution in [2.45, 2.75) is 5.16 Å². The summed E-state index contributed by atoms with van der Waals surface area (Å²) in [5.74, 6) is -0.506. The van der Waals surface area contributed by atoms with Crippen molar-refractivity contribution >= 4 is 48.2 Å². The molecule has 8 heteroatoms. The number of aromatic amines is 1. The van der Waals surface area contributed by atoms with E-state index in [9.17, 15) is 9.18 Å². The molecule has 0 saturated heterocycles. The number of nitrogens with one attached hydrogen (secondary N) is 2. The van der Waals surface area contributed by atoms with Crippen LogP contribution in [-0.2, 0) is 4.79 Å². The molecule has 0 unspecified atom stereocenters. The number of para-hydroxylation sites is 2. The molecule has 3 aromatic rings. The van der Waals surface area contributed by atoms with Gasteiger partial charge in [-0.2, -0.15) is 5.10 Å². The highest BCUT2D eigenvalue weighted by atomic mass is 32.2. The number of H-pyrrole nitrogens is 1. The maximum Gasteiger partial charge on any atom is 0.250 e. The number of rotatable bonds is 5. The van der Waals surface area contributed by atoms with Gasteiger partial charge >= 0.3 is 0 Å². The van der Waals surface area contributed by atoms with E-state index in [0.717, 1.165) is 16.5 Å². The quantitative estimate of drug-likeness (QED) is 0.317. The molecule has 0 fully saturated rings. The second-order valence-electron chi connectivity index (χ2n) is 5.17. The number of hydrogen-bond acceptors (Lipinski definition) is 4. The van der Waals surface area contributed by atoms with E-state index < -0.39 is 0 Å². The monoisotopic (exact) mass is 340 g/mol. The van der Waals surface area contributed by atoms with Crippen LogP contribution < -0.4 is 10.9 Å². The highest BCUT2D eigenvalue weighted by Crippen LogP contribution is 2.18. The molecular formula is C16H14BFN4OS. The number of amides is 1. The molecule has 0 aliphatic carbocycles. The Kier molecular flexibility index (Phi) is 4.95. The van der Waals surface area contributed by atoms with Crippen LogP contribution in [0.3, 0.4) is 0 Å². The van der Waals surface area contributed by atoms with Gasteiger partial charge in [-0.1, -0.05) is 41.5 Å². The van der Waals surface area contributed by atoms with Crippen LogP contribution in [0.1, 0.15) is 5.56 Å². The van der Waals surface area contributed by atoms with Crippen LogP contribution in [0.4, 0.5) is 4.39 Å². The van der Waals surface area contributed by atoms with E-state index >= 15 is 0 Å². The molecule has 3 rings (SSSR count). The number of halogens is 1. The molecule has 24 heavy (non-hydrogen) atoms. The second-order valence-corrected chi connectivity index (χ2v) is 6.13. The topological polar surface area (TPSA) is 70.1 Å².